The number of imidazole rings is 1. The van der Waals surface area contributed by atoms with E-state index in [1.165, 1.54) is 0 Å². The molecule has 0 fully saturated rings. The molecule has 0 aliphatic carbocycles. The first kappa shape index (κ1) is 11.6. The fourth-order valence-corrected chi connectivity index (χ4v) is 1.87. The van der Waals surface area contributed by atoms with Crippen molar-refractivity contribution in [3.63, 3.8) is 0 Å². The molecule has 4 nitrogen and oxygen atoms in total. The van der Waals surface area contributed by atoms with Crippen LogP contribution in [0.4, 0.5) is 0 Å². The molecule has 4 heteroatoms. The Morgan fingerprint density at radius 2 is 2.24 bits per heavy atom. The standard InChI is InChI=1S/C13H16N2O2/c1-3-7-10-12(13(16)17-4-2)15-9-6-5-8-11(15)14-10/h5-6,8-9H,3-4,7H2,1-2H3. The number of hydrogen-bond acceptors (Lipinski definition) is 3. The van der Waals surface area contributed by atoms with Crippen molar-refractivity contribution in [3.8, 4) is 0 Å². The number of rotatable bonds is 4. The van der Waals surface area contributed by atoms with Crippen LogP contribution in [0.1, 0.15) is 36.5 Å². The molecule has 0 atom stereocenters. The topological polar surface area (TPSA) is 43.6 Å². The van der Waals surface area contributed by atoms with E-state index in [9.17, 15) is 4.79 Å². The van der Waals surface area contributed by atoms with Crippen LogP contribution in [0.15, 0.2) is 24.4 Å². The molecule has 0 N–H and O–H groups in total. The quantitative estimate of drug-likeness (QED) is 0.760. The predicted molar refractivity (Wildman–Crippen MR) is 65.1 cm³/mol. The lowest BCUT2D eigenvalue weighted by molar-refractivity contribution is 0.0517. The van der Waals surface area contributed by atoms with Crippen LogP contribution in [0, 0.1) is 0 Å². The van der Waals surface area contributed by atoms with Crippen molar-refractivity contribution in [2.24, 2.45) is 0 Å². The summed E-state index contributed by atoms with van der Waals surface area (Å²) in [6, 6.07) is 5.68. The lowest BCUT2D eigenvalue weighted by Crippen LogP contribution is -2.10. The minimum atomic E-state index is -0.297. The van der Waals surface area contributed by atoms with Gasteiger partial charge in [0.1, 0.15) is 5.65 Å². The van der Waals surface area contributed by atoms with Gasteiger partial charge in [-0.1, -0.05) is 19.4 Å². The summed E-state index contributed by atoms with van der Waals surface area (Å²) in [4.78, 5) is 16.4. The average Bonchev–Trinajstić information content (AvgIpc) is 2.67. The van der Waals surface area contributed by atoms with E-state index in [0.29, 0.717) is 12.3 Å². The number of aromatic nitrogens is 2. The Morgan fingerprint density at radius 1 is 1.41 bits per heavy atom. The summed E-state index contributed by atoms with van der Waals surface area (Å²) in [7, 11) is 0. The minimum absolute atomic E-state index is 0.297. The monoisotopic (exact) mass is 232 g/mol. The van der Waals surface area contributed by atoms with Crippen molar-refractivity contribution in [2.75, 3.05) is 6.61 Å². The lowest BCUT2D eigenvalue weighted by atomic mass is 10.2. The Bertz CT molecular complexity index is 531. The maximum atomic E-state index is 11.9. The zero-order chi connectivity index (χ0) is 12.3. The van der Waals surface area contributed by atoms with Gasteiger partial charge in [-0.2, -0.15) is 0 Å². The molecular weight excluding hydrogens is 216 g/mol. The van der Waals surface area contributed by atoms with Gasteiger partial charge >= 0.3 is 5.97 Å². The highest BCUT2D eigenvalue weighted by Gasteiger charge is 2.19. The number of pyridine rings is 1. The number of aryl methyl sites for hydroxylation is 1. The van der Waals surface area contributed by atoms with E-state index in [-0.39, 0.29) is 5.97 Å². The zero-order valence-electron chi connectivity index (χ0n) is 10.1. The van der Waals surface area contributed by atoms with Gasteiger partial charge in [-0.3, -0.25) is 4.40 Å². The molecule has 2 aromatic rings. The van der Waals surface area contributed by atoms with E-state index >= 15 is 0 Å². The van der Waals surface area contributed by atoms with E-state index in [1.807, 2.05) is 24.4 Å². The van der Waals surface area contributed by atoms with Crippen LogP contribution in [-0.2, 0) is 11.2 Å². The average molecular weight is 232 g/mol. The molecule has 90 valence electrons. The number of nitrogens with zero attached hydrogens (tertiary/aromatic N) is 2. The third-order valence-corrected chi connectivity index (χ3v) is 2.56. The van der Waals surface area contributed by atoms with Gasteiger partial charge < -0.3 is 4.74 Å². The normalized spacial score (nSPS) is 10.7. The molecule has 0 radical (unpaired) electrons. The van der Waals surface area contributed by atoms with Crippen molar-refractivity contribution in [1.82, 2.24) is 9.38 Å². The number of ether oxygens (including phenoxy) is 1. The Hall–Kier alpha value is -1.84. The van der Waals surface area contributed by atoms with Crippen molar-refractivity contribution < 1.29 is 9.53 Å². The molecule has 2 heterocycles. The Labute approximate surface area is 100 Å². The largest absolute Gasteiger partial charge is 0.461 e. The summed E-state index contributed by atoms with van der Waals surface area (Å²) in [5.74, 6) is -0.297. The smallest absolute Gasteiger partial charge is 0.357 e. The first-order valence-electron chi connectivity index (χ1n) is 5.91. The first-order valence-corrected chi connectivity index (χ1v) is 5.91. The zero-order valence-corrected chi connectivity index (χ0v) is 10.1. The molecule has 0 bridgehead atoms. The van der Waals surface area contributed by atoms with Crippen LogP contribution in [0.5, 0.6) is 0 Å². The van der Waals surface area contributed by atoms with Crippen LogP contribution in [0.3, 0.4) is 0 Å². The van der Waals surface area contributed by atoms with Gasteiger partial charge in [0.25, 0.3) is 0 Å². The SMILES string of the molecule is CCCc1nc2ccccn2c1C(=O)OCC. The number of carbonyl (C=O) groups is 1. The second-order valence-corrected chi connectivity index (χ2v) is 3.81. The van der Waals surface area contributed by atoms with Gasteiger partial charge in [0, 0.05) is 6.20 Å². The van der Waals surface area contributed by atoms with E-state index in [4.69, 9.17) is 4.74 Å². The summed E-state index contributed by atoms with van der Waals surface area (Å²) in [5.41, 5.74) is 2.17. The lowest BCUT2D eigenvalue weighted by Gasteiger charge is -2.03. The van der Waals surface area contributed by atoms with E-state index in [2.05, 4.69) is 11.9 Å². The summed E-state index contributed by atoms with van der Waals surface area (Å²) in [6.07, 6.45) is 3.58. The summed E-state index contributed by atoms with van der Waals surface area (Å²) in [6.45, 7) is 4.25. The highest BCUT2D eigenvalue weighted by atomic mass is 16.5. The molecule has 0 spiro atoms. The maximum Gasteiger partial charge on any atom is 0.357 e. The Morgan fingerprint density at radius 3 is 2.94 bits per heavy atom. The van der Waals surface area contributed by atoms with Crippen molar-refractivity contribution in [3.05, 3.63) is 35.8 Å². The molecule has 0 aromatic carbocycles. The minimum Gasteiger partial charge on any atom is -0.461 e. The van der Waals surface area contributed by atoms with E-state index in [0.717, 1.165) is 24.2 Å². The second kappa shape index (κ2) is 4.99. The molecule has 17 heavy (non-hydrogen) atoms. The molecular formula is C13H16N2O2. The Balaban J connectivity index is 2.55. The summed E-state index contributed by atoms with van der Waals surface area (Å²) in [5, 5.41) is 0. The number of hydrogen-bond donors (Lipinski definition) is 0. The summed E-state index contributed by atoms with van der Waals surface area (Å²) < 4.78 is 6.88. The van der Waals surface area contributed by atoms with Crippen molar-refractivity contribution in [2.45, 2.75) is 26.7 Å². The fourth-order valence-electron chi connectivity index (χ4n) is 1.87. The van der Waals surface area contributed by atoms with E-state index < -0.39 is 0 Å². The molecule has 0 amide bonds. The van der Waals surface area contributed by atoms with Gasteiger partial charge in [-0.05, 0) is 25.5 Å². The highest BCUT2D eigenvalue weighted by molar-refractivity contribution is 5.90. The molecule has 0 saturated carbocycles. The van der Waals surface area contributed by atoms with E-state index in [1.54, 1.807) is 11.3 Å². The fraction of sp³-hybridized carbons (Fsp3) is 0.385. The second-order valence-electron chi connectivity index (χ2n) is 3.81. The number of fused-ring (bicyclic) bond motifs is 1. The van der Waals surface area contributed by atoms with Crippen LogP contribution >= 0.6 is 0 Å². The van der Waals surface area contributed by atoms with Gasteiger partial charge in [0.15, 0.2) is 5.69 Å². The molecule has 2 aromatic heterocycles. The van der Waals surface area contributed by atoms with Gasteiger partial charge in [-0.15, -0.1) is 0 Å². The summed E-state index contributed by atoms with van der Waals surface area (Å²) >= 11 is 0. The maximum absolute atomic E-state index is 11.9. The highest BCUT2D eigenvalue weighted by Crippen LogP contribution is 2.15. The third kappa shape index (κ3) is 2.16. The van der Waals surface area contributed by atoms with Gasteiger partial charge in [0.2, 0.25) is 0 Å². The first-order chi connectivity index (χ1) is 8.27. The number of esters is 1. The molecule has 0 unspecified atom stereocenters. The Kier molecular flexibility index (Phi) is 3.42. The van der Waals surface area contributed by atoms with Crippen molar-refractivity contribution in [1.29, 1.82) is 0 Å². The van der Waals surface area contributed by atoms with Crippen LogP contribution < -0.4 is 0 Å². The molecule has 0 aliphatic rings. The van der Waals surface area contributed by atoms with Crippen molar-refractivity contribution >= 4 is 11.6 Å². The predicted octanol–water partition coefficient (Wildman–Crippen LogP) is 2.46. The van der Waals surface area contributed by atoms with Gasteiger partial charge in [-0.25, -0.2) is 9.78 Å². The van der Waals surface area contributed by atoms with Gasteiger partial charge in [0.05, 0.1) is 12.3 Å². The third-order valence-electron chi connectivity index (χ3n) is 2.56. The molecule has 0 saturated heterocycles. The van der Waals surface area contributed by atoms with Crippen LogP contribution in [0.2, 0.25) is 0 Å². The van der Waals surface area contributed by atoms with Crippen LogP contribution in [-0.4, -0.2) is 22.0 Å². The number of carbonyl (C=O) groups excluding carboxylic acids is 1. The molecule has 2 rings (SSSR count). The van der Waals surface area contributed by atoms with Crippen LogP contribution in [0.25, 0.3) is 5.65 Å². The molecule has 0 aliphatic heterocycles.